The quantitative estimate of drug-likeness (QED) is 0.618. The monoisotopic (exact) mass is 172 g/mol. The van der Waals surface area contributed by atoms with Gasteiger partial charge in [-0.15, -0.1) is 0 Å². The second kappa shape index (κ2) is 3.34. The highest BCUT2D eigenvalue weighted by Crippen LogP contribution is 2.05. The number of hydrogen-bond donors (Lipinski definition) is 0. The van der Waals surface area contributed by atoms with E-state index in [0.29, 0.717) is 0 Å². The molecule has 12 heavy (non-hydrogen) atoms. The predicted molar refractivity (Wildman–Crippen MR) is 39.1 cm³/mol. The van der Waals surface area contributed by atoms with E-state index >= 15 is 0 Å². The molecule has 0 atom stereocenters. The van der Waals surface area contributed by atoms with E-state index in [9.17, 15) is 9.18 Å². The molecule has 0 saturated carbocycles. The number of aryl methyl sites for hydroxylation is 1. The number of nitrogens with zero attached hydrogens (tertiary/aromatic N) is 2. The summed E-state index contributed by atoms with van der Waals surface area (Å²) in [7, 11) is 1.48. The zero-order valence-corrected chi connectivity index (χ0v) is 6.87. The molecule has 0 bridgehead atoms. The third kappa shape index (κ3) is 1.44. The highest BCUT2D eigenvalue weighted by atomic mass is 19.1. The Bertz CT molecular complexity index is 276. The summed E-state index contributed by atoms with van der Waals surface area (Å²) in [6, 6.07) is 0. The fraction of sp³-hybridized carbons (Fsp3) is 0.429. The van der Waals surface area contributed by atoms with Crippen LogP contribution in [0.5, 0.6) is 0 Å². The number of rotatable bonds is 2. The number of esters is 1. The van der Waals surface area contributed by atoms with Crippen LogP contribution in [0.1, 0.15) is 17.4 Å². The van der Waals surface area contributed by atoms with Crippen molar-refractivity contribution in [2.75, 3.05) is 6.61 Å². The fourth-order valence-electron chi connectivity index (χ4n) is 0.840. The number of halogens is 1. The van der Waals surface area contributed by atoms with Crippen LogP contribution in [0.15, 0.2) is 6.20 Å². The van der Waals surface area contributed by atoms with Crippen molar-refractivity contribution in [1.29, 1.82) is 0 Å². The normalized spacial score (nSPS) is 9.92. The van der Waals surface area contributed by atoms with E-state index in [1.807, 2.05) is 0 Å². The molecule has 4 nitrogen and oxygen atoms in total. The van der Waals surface area contributed by atoms with Crippen LogP contribution in [0, 0.1) is 5.82 Å². The second-order valence-electron chi connectivity index (χ2n) is 2.19. The van der Waals surface area contributed by atoms with Gasteiger partial charge in [0.05, 0.1) is 12.8 Å². The van der Waals surface area contributed by atoms with Crippen LogP contribution in [0.2, 0.25) is 0 Å². The van der Waals surface area contributed by atoms with E-state index in [0.717, 1.165) is 10.9 Å². The van der Waals surface area contributed by atoms with Crippen molar-refractivity contribution < 1.29 is 13.9 Å². The lowest BCUT2D eigenvalue weighted by molar-refractivity contribution is 0.0508. The Morgan fingerprint density at radius 2 is 2.50 bits per heavy atom. The van der Waals surface area contributed by atoms with E-state index in [1.54, 1.807) is 6.92 Å². The van der Waals surface area contributed by atoms with Crippen LogP contribution in [-0.4, -0.2) is 22.4 Å². The average Bonchev–Trinajstić information content (AvgIpc) is 2.32. The van der Waals surface area contributed by atoms with Gasteiger partial charge in [0.2, 0.25) is 0 Å². The van der Waals surface area contributed by atoms with Crippen molar-refractivity contribution in [1.82, 2.24) is 9.78 Å². The molecule has 0 amide bonds. The number of hydrogen-bond acceptors (Lipinski definition) is 3. The fourth-order valence-corrected chi connectivity index (χ4v) is 0.840. The Morgan fingerprint density at radius 1 is 1.83 bits per heavy atom. The number of carbonyl (C=O) groups is 1. The van der Waals surface area contributed by atoms with E-state index in [1.165, 1.54) is 7.05 Å². The van der Waals surface area contributed by atoms with E-state index < -0.39 is 11.8 Å². The molecule has 0 aliphatic heterocycles. The highest BCUT2D eigenvalue weighted by molar-refractivity contribution is 5.87. The third-order valence-corrected chi connectivity index (χ3v) is 1.36. The molecule has 1 heterocycles. The lowest BCUT2D eigenvalue weighted by Gasteiger charge is -2.00. The molecule has 0 saturated heterocycles. The van der Waals surface area contributed by atoms with Crippen LogP contribution in [0.3, 0.4) is 0 Å². The zero-order chi connectivity index (χ0) is 9.14. The summed E-state index contributed by atoms with van der Waals surface area (Å²) >= 11 is 0. The largest absolute Gasteiger partial charge is 0.461 e. The van der Waals surface area contributed by atoms with Gasteiger partial charge in [-0.25, -0.2) is 9.18 Å². The minimum atomic E-state index is -0.685. The second-order valence-corrected chi connectivity index (χ2v) is 2.19. The smallest absolute Gasteiger partial charge is 0.359 e. The molecular formula is C7H9FN2O2. The van der Waals surface area contributed by atoms with Crippen LogP contribution in [0.4, 0.5) is 4.39 Å². The topological polar surface area (TPSA) is 44.1 Å². The minimum absolute atomic E-state index is 0.142. The van der Waals surface area contributed by atoms with Gasteiger partial charge in [0.25, 0.3) is 0 Å². The highest BCUT2D eigenvalue weighted by Gasteiger charge is 2.17. The number of ether oxygens (including phenoxy) is 1. The maximum Gasteiger partial charge on any atom is 0.359 e. The average molecular weight is 172 g/mol. The summed E-state index contributed by atoms with van der Waals surface area (Å²) in [5.41, 5.74) is -0.142. The van der Waals surface area contributed by atoms with Crippen molar-refractivity contribution >= 4 is 5.97 Å². The molecule has 5 heteroatoms. The summed E-state index contributed by atoms with van der Waals surface area (Å²) in [6.45, 7) is 1.88. The standard InChI is InChI=1S/C7H9FN2O2/c1-3-12-7(11)6-5(8)4-9-10(6)2/h4H,3H2,1-2H3. The number of carbonyl (C=O) groups excluding carboxylic acids is 1. The first kappa shape index (κ1) is 8.70. The van der Waals surface area contributed by atoms with Crippen LogP contribution in [0.25, 0.3) is 0 Å². The molecule has 1 rings (SSSR count). The predicted octanol–water partition coefficient (Wildman–Crippen LogP) is 0.736. The molecule has 0 N–H and O–H groups in total. The molecule has 0 radical (unpaired) electrons. The van der Waals surface area contributed by atoms with Gasteiger partial charge >= 0.3 is 5.97 Å². The van der Waals surface area contributed by atoms with Gasteiger partial charge in [0, 0.05) is 7.05 Å². The maximum absolute atomic E-state index is 12.8. The Kier molecular flexibility index (Phi) is 2.42. The van der Waals surface area contributed by atoms with Crippen molar-refractivity contribution in [2.24, 2.45) is 7.05 Å². The summed E-state index contributed by atoms with van der Waals surface area (Å²) in [6.07, 6.45) is 0.978. The van der Waals surface area contributed by atoms with E-state index in [2.05, 4.69) is 9.84 Å². The maximum atomic E-state index is 12.8. The lowest BCUT2D eigenvalue weighted by Crippen LogP contribution is -2.12. The minimum Gasteiger partial charge on any atom is -0.461 e. The Balaban J connectivity index is 2.93. The Hall–Kier alpha value is -1.39. The number of aromatic nitrogens is 2. The molecule has 1 aromatic heterocycles. The van der Waals surface area contributed by atoms with Crippen LogP contribution < -0.4 is 0 Å². The van der Waals surface area contributed by atoms with Crippen molar-refractivity contribution in [3.63, 3.8) is 0 Å². The summed E-state index contributed by atoms with van der Waals surface area (Å²) in [5, 5.41) is 3.56. The van der Waals surface area contributed by atoms with Gasteiger partial charge in [-0.3, -0.25) is 4.68 Å². The van der Waals surface area contributed by atoms with Gasteiger partial charge in [-0.05, 0) is 6.92 Å². The third-order valence-electron chi connectivity index (χ3n) is 1.36. The molecular weight excluding hydrogens is 163 g/mol. The zero-order valence-electron chi connectivity index (χ0n) is 6.87. The first-order valence-corrected chi connectivity index (χ1v) is 3.51. The van der Waals surface area contributed by atoms with Gasteiger partial charge in [-0.1, -0.05) is 0 Å². The SMILES string of the molecule is CCOC(=O)c1c(F)cnn1C. The summed E-state index contributed by atoms with van der Waals surface area (Å²) < 4.78 is 18.6. The first-order valence-electron chi connectivity index (χ1n) is 3.51. The molecule has 1 aromatic rings. The molecule has 0 aliphatic carbocycles. The molecule has 0 aromatic carbocycles. The molecule has 0 unspecified atom stereocenters. The summed E-state index contributed by atoms with van der Waals surface area (Å²) in [4.78, 5) is 11.0. The van der Waals surface area contributed by atoms with E-state index in [-0.39, 0.29) is 12.3 Å². The van der Waals surface area contributed by atoms with Crippen LogP contribution >= 0.6 is 0 Å². The van der Waals surface area contributed by atoms with Gasteiger partial charge in [0.15, 0.2) is 11.5 Å². The molecule has 0 spiro atoms. The van der Waals surface area contributed by atoms with Gasteiger partial charge in [0.1, 0.15) is 0 Å². The van der Waals surface area contributed by atoms with Crippen molar-refractivity contribution in [3.05, 3.63) is 17.7 Å². The van der Waals surface area contributed by atoms with Crippen molar-refractivity contribution in [2.45, 2.75) is 6.92 Å². The Labute approximate surface area is 68.9 Å². The molecule has 0 aliphatic rings. The van der Waals surface area contributed by atoms with Crippen LogP contribution in [-0.2, 0) is 11.8 Å². The van der Waals surface area contributed by atoms with E-state index in [4.69, 9.17) is 0 Å². The van der Waals surface area contributed by atoms with Gasteiger partial charge in [-0.2, -0.15) is 5.10 Å². The molecule has 66 valence electrons. The van der Waals surface area contributed by atoms with Gasteiger partial charge < -0.3 is 4.74 Å². The lowest BCUT2D eigenvalue weighted by atomic mass is 10.4. The summed E-state index contributed by atoms with van der Waals surface area (Å²) in [5.74, 6) is -1.34. The molecule has 0 fully saturated rings. The first-order chi connectivity index (χ1) is 5.66. The van der Waals surface area contributed by atoms with Crippen molar-refractivity contribution in [3.8, 4) is 0 Å². The Morgan fingerprint density at radius 3 is 2.92 bits per heavy atom.